The number of benzene rings is 1. The highest BCUT2D eigenvalue weighted by atomic mass is 19.1. The van der Waals surface area contributed by atoms with E-state index in [1.165, 1.54) is 12.1 Å². The van der Waals surface area contributed by atoms with Crippen LogP contribution in [-0.2, 0) is 4.79 Å². The maximum atomic E-state index is 13.2. The molecule has 5 heteroatoms. The zero-order valence-electron chi connectivity index (χ0n) is 10.8. The van der Waals surface area contributed by atoms with Crippen LogP contribution in [0.25, 0.3) is 0 Å². The first kappa shape index (κ1) is 13.8. The van der Waals surface area contributed by atoms with E-state index in [9.17, 15) is 9.18 Å². The van der Waals surface area contributed by atoms with Crippen LogP contribution in [0.2, 0.25) is 0 Å². The lowest BCUT2D eigenvalue weighted by atomic mass is 9.90. The molecule has 1 aliphatic rings. The Labute approximate surface area is 112 Å². The third kappa shape index (κ3) is 3.92. The molecule has 1 aliphatic heterocycles. The van der Waals surface area contributed by atoms with Gasteiger partial charge in [-0.25, -0.2) is 4.39 Å². The maximum absolute atomic E-state index is 13.2. The molecule has 1 fully saturated rings. The van der Waals surface area contributed by atoms with Crippen molar-refractivity contribution in [3.8, 4) is 0 Å². The van der Waals surface area contributed by atoms with Gasteiger partial charge in [-0.3, -0.25) is 4.79 Å². The number of piperidine rings is 1. The molecule has 0 aliphatic carbocycles. The summed E-state index contributed by atoms with van der Waals surface area (Å²) in [5, 5.41) is 8.73. The average Bonchev–Trinajstić information content (AvgIpc) is 2.36. The number of carboxylic acids is 1. The van der Waals surface area contributed by atoms with E-state index in [2.05, 4.69) is 0 Å². The lowest BCUT2D eigenvalue weighted by Crippen LogP contribution is -2.47. The van der Waals surface area contributed by atoms with Crippen LogP contribution in [0.15, 0.2) is 24.3 Å². The van der Waals surface area contributed by atoms with Gasteiger partial charge in [0.25, 0.3) is 0 Å². The second-order valence-electron chi connectivity index (χ2n) is 5.18. The normalized spacial score (nSPS) is 23.4. The highest BCUT2D eigenvalue weighted by Gasteiger charge is 2.25. The van der Waals surface area contributed by atoms with Crippen molar-refractivity contribution in [2.45, 2.75) is 25.3 Å². The topological polar surface area (TPSA) is 66.6 Å². The molecule has 0 aromatic heterocycles. The zero-order chi connectivity index (χ0) is 13.8. The van der Waals surface area contributed by atoms with Crippen molar-refractivity contribution in [3.63, 3.8) is 0 Å². The Balaban J connectivity index is 2.03. The Hall–Kier alpha value is -1.62. The molecule has 2 rings (SSSR count). The van der Waals surface area contributed by atoms with Gasteiger partial charge < -0.3 is 15.7 Å². The van der Waals surface area contributed by atoms with E-state index in [4.69, 9.17) is 10.8 Å². The van der Waals surface area contributed by atoms with Gasteiger partial charge in [0, 0.05) is 31.2 Å². The van der Waals surface area contributed by atoms with E-state index >= 15 is 0 Å². The van der Waals surface area contributed by atoms with Crippen molar-refractivity contribution in [2.24, 2.45) is 11.7 Å². The predicted molar refractivity (Wildman–Crippen MR) is 71.6 cm³/mol. The number of carboxylic acid groups (broad SMARTS) is 1. The number of rotatable bonds is 4. The molecule has 2 unspecified atom stereocenters. The second kappa shape index (κ2) is 6.02. The van der Waals surface area contributed by atoms with Gasteiger partial charge in [0.2, 0.25) is 0 Å². The molecule has 0 spiro atoms. The summed E-state index contributed by atoms with van der Waals surface area (Å²) in [5.41, 5.74) is 6.83. The Kier molecular flexibility index (Phi) is 4.37. The number of aliphatic carboxylic acids is 1. The number of hydrogen-bond donors (Lipinski definition) is 2. The van der Waals surface area contributed by atoms with Crippen molar-refractivity contribution >= 4 is 11.7 Å². The maximum Gasteiger partial charge on any atom is 0.303 e. The first-order valence-corrected chi connectivity index (χ1v) is 6.52. The molecule has 104 valence electrons. The summed E-state index contributed by atoms with van der Waals surface area (Å²) in [6.45, 7) is 1.43. The lowest BCUT2D eigenvalue weighted by Gasteiger charge is -2.37. The Morgan fingerprint density at radius 2 is 2.26 bits per heavy atom. The molecule has 1 heterocycles. The van der Waals surface area contributed by atoms with Gasteiger partial charge in [0.15, 0.2) is 0 Å². The molecular weight excluding hydrogens is 247 g/mol. The minimum atomic E-state index is -0.781. The quantitative estimate of drug-likeness (QED) is 0.872. The molecule has 1 saturated heterocycles. The first-order valence-electron chi connectivity index (χ1n) is 6.52. The fourth-order valence-electron chi connectivity index (χ4n) is 2.67. The van der Waals surface area contributed by atoms with E-state index in [1.54, 1.807) is 6.07 Å². The third-order valence-corrected chi connectivity index (χ3v) is 3.51. The molecule has 2 atom stereocenters. The molecule has 1 aromatic carbocycles. The van der Waals surface area contributed by atoms with Gasteiger partial charge >= 0.3 is 5.97 Å². The molecule has 3 N–H and O–H groups in total. The highest BCUT2D eigenvalue weighted by molar-refractivity contribution is 5.66. The fourth-order valence-corrected chi connectivity index (χ4v) is 2.67. The molecule has 0 saturated carbocycles. The molecule has 0 bridgehead atoms. The summed E-state index contributed by atoms with van der Waals surface area (Å²) < 4.78 is 13.2. The minimum Gasteiger partial charge on any atom is -0.481 e. The van der Waals surface area contributed by atoms with Gasteiger partial charge in [0.05, 0.1) is 0 Å². The van der Waals surface area contributed by atoms with Gasteiger partial charge in [-0.2, -0.15) is 0 Å². The standard InChI is InChI=1S/C14H19FN2O2/c15-11-2-1-3-13(7-11)17-8-10(4-5-14(18)19)6-12(16)9-17/h1-3,7,10,12H,4-6,8-9,16H2,(H,18,19). The Morgan fingerprint density at radius 1 is 1.47 bits per heavy atom. The van der Waals surface area contributed by atoms with Crippen LogP contribution in [0.5, 0.6) is 0 Å². The summed E-state index contributed by atoms with van der Waals surface area (Å²) >= 11 is 0. The van der Waals surface area contributed by atoms with Crippen LogP contribution in [0.1, 0.15) is 19.3 Å². The van der Waals surface area contributed by atoms with E-state index < -0.39 is 5.97 Å². The van der Waals surface area contributed by atoms with Crippen LogP contribution < -0.4 is 10.6 Å². The molecular formula is C14H19FN2O2. The predicted octanol–water partition coefficient (Wildman–Crippen LogP) is 1.84. The third-order valence-electron chi connectivity index (χ3n) is 3.51. The van der Waals surface area contributed by atoms with Gasteiger partial charge in [-0.1, -0.05) is 6.07 Å². The molecule has 1 aromatic rings. The van der Waals surface area contributed by atoms with E-state index in [1.807, 2.05) is 11.0 Å². The molecule has 19 heavy (non-hydrogen) atoms. The molecule has 4 nitrogen and oxygen atoms in total. The summed E-state index contributed by atoms with van der Waals surface area (Å²) in [7, 11) is 0. The summed E-state index contributed by atoms with van der Waals surface area (Å²) in [6, 6.07) is 6.45. The monoisotopic (exact) mass is 266 g/mol. The molecule has 0 radical (unpaired) electrons. The minimum absolute atomic E-state index is 0.0100. The number of anilines is 1. The van der Waals surface area contributed by atoms with Crippen LogP contribution in [0.4, 0.5) is 10.1 Å². The zero-order valence-corrected chi connectivity index (χ0v) is 10.8. The Bertz CT molecular complexity index is 453. The van der Waals surface area contributed by atoms with Crippen molar-refractivity contribution < 1.29 is 14.3 Å². The van der Waals surface area contributed by atoms with E-state index in [0.29, 0.717) is 13.0 Å². The second-order valence-corrected chi connectivity index (χ2v) is 5.18. The van der Waals surface area contributed by atoms with Crippen LogP contribution in [0, 0.1) is 11.7 Å². The number of nitrogens with two attached hydrogens (primary N) is 1. The van der Waals surface area contributed by atoms with Crippen LogP contribution >= 0.6 is 0 Å². The number of hydrogen-bond acceptors (Lipinski definition) is 3. The number of carbonyl (C=O) groups is 1. The Morgan fingerprint density at radius 3 is 2.95 bits per heavy atom. The van der Waals surface area contributed by atoms with Crippen LogP contribution in [0.3, 0.4) is 0 Å². The van der Waals surface area contributed by atoms with Gasteiger partial charge in [-0.05, 0) is 37.0 Å². The van der Waals surface area contributed by atoms with E-state index in [0.717, 1.165) is 18.7 Å². The summed E-state index contributed by atoms with van der Waals surface area (Å²) in [4.78, 5) is 12.7. The largest absolute Gasteiger partial charge is 0.481 e. The number of nitrogens with zero attached hydrogens (tertiary/aromatic N) is 1. The van der Waals surface area contributed by atoms with Gasteiger partial charge in [0.1, 0.15) is 5.82 Å². The fraction of sp³-hybridized carbons (Fsp3) is 0.500. The van der Waals surface area contributed by atoms with Crippen LogP contribution in [-0.4, -0.2) is 30.2 Å². The van der Waals surface area contributed by atoms with Crippen molar-refractivity contribution in [3.05, 3.63) is 30.1 Å². The van der Waals surface area contributed by atoms with Crippen molar-refractivity contribution in [2.75, 3.05) is 18.0 Å². The first-order chi connectivity index (χ1) is 9.04. The lowest BCUT2D eigenvalue weighted by molar-refractivity contribution is -0.137. The summed E-state index contributed by atoms with van der Waals surface area (Å²) in [5.74, 6) is -0.793. The highest BCUT2D eigenvalue weighted by Crippen LogP contribution is 2.25. The van der Waals surface area contributed by atoms with Crippen molar-refractivity contribution in [1.29, 1.82) is 0 Å². The summed E-state index contributed by atoms with van der Waals surface area (Å²) in [6.07, 6.45) is 1.61. The average molecular weight is 266 g/mol. The number of halogens is 1. The van der Waals surface area contributed by atoms with Crippen molar-refractivity contribution in [1.82, 2.24) is 0 Å². The van der Waals surface area contributed by atoms with E-state index in [-0.39, 0.29) is 24.2 Å². The van der Waals surface area contributed by atoms with Gasteiger partial charge in [-0.15, -0.1) is 0 Å². The molecule has 0 amide bonds. The smallest absolute Gasteiger partial charge is 0.303 e. The SMILES string of the molecule is NC1CC(CCC(=O)O)CN(c2cccc(F)c2)C1.